The summed E-state index contributed by atoms with van der Waals surface area (Å²) in [4.78, 5) is 13.0. The van der Waals surface area contributed by atoms with Crippen LogP contribution < -0.4 is 0 Å². The highest BCUT2D eigenvalue weighted by atomic mass is 14.8. The van der Waals surface area contributed by atoms with Crippen molar-refractivity contribution in [2.75, 3.05) is 0 Å². The molecule has 0 amide bonds. The molecule has 3 aromatic rings. The Hall–Kier alpha value is -3.07. The van der Waals surface area contributed by atoms with E-state index >= 15 is 0 Å². The molecule has 0 fully saturated rings. The zero-order chi connectivity index (χ0) is 15.0. The van der Waals surface area contributed by atoms with Gasteiger partial charge in [0.2, 0.25) is 0 Å². The Morgan fingerprint density at radius 2 is 1.09 bits per heavy atom. The van der Waals surface area contributed by atoms with Crippen molar-refractivity contribution in [3.05, 3.63) is 90.3 Å². The molecule has 0 atom stereocenters. The van der Waals surface area contributed by atoms with Crippen LogP contribution in [0.25, 0.3) is 0 Å². The third-order valence-electron chi connectivity index (χ3n) is 3.03. The molecular weight excluding hydrogens is 270 g/mol. The fourth-order valence-corrected chi connectivity index (χ4v) is 1.93. The van der Waals surface area contributed by atoms with Gasteiger partial charge in [-0.05, 0) is 17.2 Å². The highest BCUT2D eigenvalue weighted by molar-refractivity contribution is 5.83. The Morgan fingerprint density at radius 1 is 0.636 bits per heavy atom. The average molecular weight is 285 g/mol. The fraction of sp³-hybridized carbons (Fsp3) is 0. The quantitative estimate of drug-likeness (QED) is 0.646. The smallest absolute Gasteiger partial charge is 0.0834 e. The van der Waals surface area contributed by atoms with Crippen LogP contribution in [0.4, 0.5) is 11.4 Å². The van der Waals surface area contributed by atoms with E-state index in [2.05, 4.69) is 15.0 Å². The van der Waals surface area contributed by atoms with Gasteiger partial charge >= 0.3 is 0 Å². The van der Waals surface area contributed by atoms with E-state index in [1.165, 1.54) is 0 Å². The number of aliphatic imine (C=N–C) groups is 2. The Kier molecular flexibility index (Phi) is 4.47. The van der Waals surface area contributed by atoms with E-state index in [4.69, 9.17) is 0 Å². The summed E-state index contributed by atoms with van der Waals surface area (Å²) >= 11 is 0. The molecular formula is C19H15N3. The number of hydrogen-bond acceptors (Lipinski definition) is 3. The first kappa shape index (κ1) is 13.9. The van der Waals surface area contributed by atoms with Crippen LogP contribution in [-0.2, 0) is 0 Å². The Morgan fingerprint density at radius 3 is 1.55 bits per heavy atom. The van der Waals surface area contributed by atoms with E-state index < -0.39 is 0 Å². The SMILES string of the molecule is C(=N\c1cncc(/N=C/c2ccccc2)c1)/c1ccccc1. The number of hydrogen-bond donors (Lipinski definition) is 0. The first-order valence-electron chi connectivity index (χ1n) is 7.03. The largest absolute Gasteiger partial charge is 0.260 e. The average Bonchev–Trinajstić information content (AvgIpc) is 2.60. The highest BCUT2D eigenvalue weighted by Gasteiger charge is 1.93. The van der Waals surface area contributed by atoms with E-state index in [1.807, 2.05) is 79.2 Å². The third-order valence-corrected chi connectivity index (χ3v) is 3.03. The van der Waals surface area contributed by atoms with E-state index in [-0.39, 0.29) is 0 Å². The normalized spacial score (nSPS) is 11.3. The second-order valence-corrected chi connectivity index (χ2v) is 4.74. The van der Waals surface area contributed by atoms with Gasteiger partial charge in [-0.1, -0.05) is 60.7 Å². The van der Waals surface area contributed by atoms with Gasteiger partial charge in [0.15, 0.2) is 0 Å². The van der Waals surface area contributed by atoms with E-state index in [9.17, 15) is 0 Å². The molecule has 106 valence electrons. The summed E-state index contributed by atoms with van der Waals surface area (Å²) < 4.78 is 0. The molecule has 2 aromatic carbocycles. The van der Waals surface area contributed by atoms with E-state index in [1.54, 1.807) is 12.4 Å². The highest BCUT2D eigenvalue weighted by Crippen LogP contribution is 2.18. The number of nitrogens with zero attached hydrogens (tertiary/aromatic N) is 3. The molecule has 0 radical (unpaired) electrons. The van der Waals surface area contributed by atoms with Crippen LogP contribution in [0.1, 0.15) is 11.1 Å². The minimum Gasteiger partial charge on any atom is -0.260 e. The topological polar surface area (TPSA) is 37.6 Å². The van der Waals surface area contributed by atoms with Crippen molar-refractivity contribution in [2.24, 2.45) is 9.98 Å². The first-order valence-corrected chi connectivity index (χ1v) is 7.03. The lowest BCUT2D eigenvalue weighted by atomic mass is 10.2. The second kappa shape index (κ2) is 7.09. The van der Waals surface area contributed by atoms with E-state index in [0.717, 1.165) is 22.5 Å². The van der Waals surface area contributed by atoms with Crippen molar-refractivity contribution in [1.29, 1.82) is 0 Å². The lowest BCUT2D eigenvalue weighted by molar-refractivity contribution is 1.29. The van der Waals surface area contributed by atoms with Gasteiger partial charge in [-0.25, -0.2) is 0 Å². The molecule has 0 unspecified atom stereocenters. The van der Waals surface area contributed by atoms with Crippen molar-refractivity contribution < 1.29 is 0 Å². The molecule has 22 heavy (non-hydrogen) atoms. The third kappa shape index (κ3) is 3.96. The summed E-state index contributed by atoms with van der Waals surface area (Å²) in [5, 5.41) is 0. The molecule has 3 rings (SSSR count). The van der Waals surface area contributed by atoms with Crippen LogP contribution in [0.5, 0.6) is 0 Å². The zero-order valence-corrected chi connectivity index (χ0v) is 12.0. The number of aromatic nitrogens is 1. The Balaban J connectivity index is 1.75. The monoisotopic (exact) mass is 285 g/mol. The van der Waals surface area contributed by atoms with Crippen LogP contribution in [0.15, 0.2) is 89.1 Å². The summed E-state index contributed by atoms with van der Waals surface area (Å²) in [5.74, 6) is 0. The molecule has 1 heterocycles. The van der Waals surface area contributed by atoms with Gasteiger partial charge in [-0.3, -0.25) is 15.0 Å². The first-order chi connectivity index (χ1) is 10.9. The molecule has 0 bridgehead atoms. The van der Waals surface area contributed by atoms with Gasteiger partial charge in [0.25, 0.3) is 0 Å². The van der Waals surface area contributed by atoms with E-state index in [0.29, 0.717) is 0 Å². The number of rotatable bonds is 4. The predicted molar refractivity (Wildman–Crippen MR) is 91.6 cm³/mol. The molecule has 0 spiro atoms. The summed E-state index contributed by atoms with van der Waals surface area (Å²) in [7, 11) is 0. The van der Waals surface area contributed by atoms with Gasteiger partial charge in [0.05, 0.1) is 23.8 Å². The standard InChI is InChI=1S/C19H15N3/c1-3-7-16(8-4-1)12-21-18-11-19(15-20-14-18)22-13-17-9-5-2-6-10-17/h1-15H/b21-12+,22-13+. The molecule has 3 heteroatoms. The molecule has 0 aliphatic rings. The Bertz CT molecular complexity index is 713. The minimum atomic E-state index is 0.784. The molecule has 0 saturated carbocycles. The van der Waals surface area contributed by atoms with Crippen molar-refractivity contribution in [3.63, 3.8) is 0 Å². The summed E-state index contributed by atoms with van der Waals surface area (Å²) in [6, 6.07) is 21.9. The maximum Gasteiger partial charge on any atom is 0.0834 e. The minimum absolute atomic E-state index is 0.784. The lowest BCUT2D eigenvalue weighted by Gasteiger charge is -1.97. The molecule has 3 nitrogen and oxygen atoms in total. The van der Waals surface area contributed by atoms with Gasteiger partial charge in [0.1, 0.15) is 0 Å². The predicted octanol–water partition coefficient (Wildman–Crippen LogP) is 4.58. The van der Waals surface area contributed by atoms with Crippen molar-refractivity contribution in [3.8, 4) is 0 Å². The second-order valence-electron chi connectivity index (χ2n) is 4.74. The molecule has 0 saturated heterocycles. The zero-order valence-electron chi connectivity index (χ0n) is 12.0. The molecule has 0 aliphatic carbocycles. The summed E-state index contributed by atoms with van der Waals surface area (Å²) in [5.41, 5.74) is 3.68. The van der Waals surface area contributed by atoms with Crippen LogP contribution in [0, 0.1) is 0 Å². The summed E-state index contributed by atoms with van der Waals surface area (Å²) in [6.45, 7) is 0. The number of benzene rings is 2. The van der Waals surface area contributed by atoms with Crippen molar-refractivity contribution in [2.45, 2.75) is 0 Å². The van der Waals surface area contributed by atoms with Gasteiger partial charge < -0.3 is 0 Å². The van der Waals surface area contributed by atoms with Gasteiger partial charge in [0, 0.05) is 12.4 Å². The van der Waals surface area contributed by atoms with Crippen LogP contribution in [0.3, 0.4) is 0 Å². The Labute approximate surface area is 129 Å². The maximum atomic E-state index is 4.43. The fourth-order valence-electron chi connectivity index (χ4n) is 1.93. The summed E-state index contributed by atoms with van der Waals surface area (Å²) in [6.07, 6.45) is 7.09. The number of pyridine rings is 1. The van der Waals surface area contributed by atoms with Crippen LogP contribution >= 0.6 is 0 Å². The molecule has 0 aliphatic heterocycles. The lowest BCUT2D eigenvalue weighted by Crippen LogP contribution is -1.80. The van der Waals surface area contributed by atoms with Crippen molar-refractivity contribution >= 4 is 23.8 Å². The van der Waals surface area contributed by atoms with Gasteiger partial charge in [-0.2, -0.15) is 0 Å². The van der Waals surface area contributed by atoms with Crippen LogP contribution in [-0.4, -0.2) is 17.4 Å². The van der Waals surface area contributed by atoms with Gasteiger partial charge in [-0.15, -0.1) is 0 Å². The molecule has 0 N–H and O–H groups in total. The maximum absolute atomic E-state index is 4.43. The van der Waals surface area contributed by atoms with Crippen molar-refractivity contribution in [1.82, 2.24) is 4.98 Å². The molecule has 1 aromatic heterocycles. The van der Waals surface area contributed by atoms with Crippen LogP contribution in [0.2, 0.25) is 0 Å².